The number of carbonyl (C=O) groups is 2. The van der Waals surface area contributed by atoms with Gasteiger partial charge in [-0.3, -0.25) is 9.59 Å². The summed E-state index contributed by atoms with van der Waals surface area (Å²) in [4.78, 5) is 35.6. The number of methoxy groups -OCH3 is 1. The van der Waals surface area contributed by atoms with Gasteiger partial charge >= 0.3 is 17.6 Å². The minimum Gasteiger partial charge on any atom is -0.463 e. The minimum atomic E-state index is -0.464. The van der Waals surface area contributed by atoms with Gasteiger partial charge in [-0.15, -0.1) is 0 Å². The first-order chi connectivity index (χ1) is 13.0. The SMILES string of the molecule is COCCOC(=O)CCc1cc2c(C)cc(=O)oc2cc1OC(=O)C1CC1. The first-order valence-electron chi connectivity index (χ1n) is 8.91. The van der Waals surface area contributed by atoms with Gasteiger partial charge in [0.1, 0.15) is 17.9 Å². The van der Waals surface area contributed by atoms with Crippen molar-refractivity contribution < 1.29 is 28.2 Å². The molecule has 0 N–H and O–H groups in total. The van der Waals surface area contributed by atoms with Crippen LogP contribution in [0, 0.1) is 12.8 Å². The molecule has 0 aliphatic heterocycles. The van der Waals surface area contributed by atoms with Crippen LogP contribution in [0.3, 0.4) is 0 Å². The second-order valence-electron chi connectivity index (χ2n) is 6.61. The molecule has 0 atom stereocenters. The summed E-state index contributed by atoms with van der Waals surface area (Å²) in [5.74, 6) is -0.411. The van der Waals surface area contributed by atoms with E-state index >= 15 is 0 Å². The van der Waals surface area contributed by atoms with Crippen molar-refractivity contribution in [3.05, 3.63) is 39.7 Å². The zero-order valence-corrected chi connectivity index (χ0v) is 15.4. The highest BCUT2D eigenvalue weighted by Crippen LogP contribution is 2.33. The number of aryl methyl sites for hydroxylation is 2. The molecule has 0 saturated heterocycles. The smallest absolute Gasteiger partial charge is 0.336 e. The molecule has 1 aliphatic rings. The van der Waals surface area contributed by atoms with Crippen molar-refractivity contribution in [3.63, 3.8) is 0 Å². The molecule has 0 unspecified atom stereocenters. The van der Waals surface area contributed by atoms with Crippen LogP contribution in [0.25, 0.3) is 11.0 Å². The summed E-state index contributed by atoms with van der Waals surface area (Å²) >= 11 is 0. The van der Waals surface area contributed by atoms with Crippen LogP contribution in [0.2, 0.25) is 0 Å². The first-order valence-corrected chi connectivity index (χ1v) is 8.91. The average molecular weight is 374 g/mol. The number of ether oxygens (including phenoxy) is 3. The van der Waals surface area contributed by atoms with Crippen LogP contribution in [-0.2, 0) is 25.5 Å². The van der Waals surface area contributed by atoms with Crippen LogP contribution in [0.5, 0.6) is 5.75 Å². The van der Waals surface area contributed by atoms with Crippen molar-refractivity contribution >= 4 is 22.9 Å². The normalized spacial score (nSPS) is 13.6. The van der Waals surface area contributed by atoms with Crippen LogP contribution in [0.4, 0.5) is 0 Å². The molecule has 1 aromatic carbocycles. The minimum absolute atomic E-state index is 0.0722. The molecule has 1 aliphatic carbocycles. The van der Waals surface area contributed by atoms with Gasteiger partial charge in [-0.2, -0.15) is 0 Å². The fraction of sp³-hybridized carbons (Fsp3) is 0.450. The fourth-order valence-corrected chi connectivity index (χ4v) is 2.74. The van der Waals surface area contributed by atoms with E-state index in [2.05, 4.69) is 0 Å². The molecule has 0 radical (unpaired) electrons. The van der Waals surface area contributed by atoms with E-state index < -0.39 is 5.63 Å². The fourth-order valence-electron chi connectivity index (χ4n) is 2.74. The third-order valence-corrected chi connectivity index (χ3v) is 4.40. The molecule has 0 spiro atoms. The number of hydrogen-bond donors (Lipinski definition) is 0. The van der Waals surface area contributed by atoms with Crippen molar-refractivity contribution in [2.75, 3.05) is 20.3 Å². The van der Waals surface area contributed by atoms with Crippen LogP contribution < -0.4 is 10.4 Å². The molecule has 0 amide bonds. The molecule has 1 fully saturated rings. The van der Waals surface area contributed by atoms with Gasteiger partial charge in [0, 0.05) is 31.0 Å². The summed E-state index contributed by atoms with van der Waals surface area (Å²) in [6.45, 7) is 2.34. The predicted molar refractivity (Wildman–Crippen MR) is 96.7 cm³/mol. The highest BCUT2D eigenvalue weighted by Gasteiger charge is 2.32. The molecule has 1 saturated carbocycles. The number of carbonyl (C=O) groups excluding carboxylic acids is 2. The van der Waals surface area contributed by atoms with Crippen LogP contribution in [-0.4, -0.2) is 32.3 Å². The zero-order valence-electron chi connectivity index (χ0n) is 15.4. The predicted octanol–water partition coefficient (Wildman–Crippen LogP) is 2.54. The Labute approximate surface area is 156 Å². The van der Waals surface area contributed by atoms with E-state index in [1.807, 2.05) is 0 Å². The molecule has 0 bridgehead atoms. The molecular formula is C20H22O7. The topological polar surface area (TPSA) is 92.0 Å². The summed E-state index contributed by atoms with van der Waals surface area (Å²) in [6.07, 6.45) is 2.12. The van der Waals surface area contributed by atoms with Crippen molar-refractivity contribution in [2.24, 2.45) is 5.92 Å². The summed E-state index contributed by atoms with van der Waals surface area (Å²) in [5.41, 5.74) is 1.33. The van der Waals surface area contributed by atoms with E-state index in [-0.39, 0.29) is 30.9 Å². The second-order valence-corrected chi connectivity index (χ2v) is 6.61. The standard InChI is InChI=1S/C20H22O7/c1-12-9-19(22)26-17-11-16(27-20(23)13-3-4-13)14(10-15(12)17)5-6-18(21)25-8-7-24-2/h9-11,13H,3-8H2,1-2H3. The van der Waals surface area contributed by atoms with Crippen LogP contribution in [0.15, 0.2) is 27.4 Å². The third kappa shape index (κ3) is 4.95. The lowest BCUT2D eigenvalue weighted by molar-refractivity contribution is -0.144. The Balaban J connectivity index is 1.84. The number of rotatable bonds is 8. The third-order valence-electron chi connectivity index (χ3n) is 4.40. The Hall–Kier alpha value is -2.67. The zero-order chi connectivity index (χ0) is 19.4. The maximum absolute atomic E-state index is 12.1. The molecule has 2 aromatic rings. The van der Waals surface area contributed by atoms with Gasteiger partial charge in [-0.25, -0.2) is 4.79 Å². The molecule has 7 heteroatoms. The molecule has 7 nitrogen and oxygen atoms in total. The summed E-state index contributed by atoms with van der Waals surface area (Å²) < 4.78 is 20.7. The van der Waals surface area contributed by atoms with Crippen molar-refractivity contribution in [3.8, 4) is 5.75 Å². The van der Waals surface area contributed by atoms with Crippen molar-refractivity contribution in [1.29, 1.82) is 0 Å². The van der Waals surface area contributed by atoms with E-state index in [0.717, 1.165) is 23.8 Å². The van der Waals surface area contributed by atoms with Crippen molar-refractivity contribution in [2.45, 2.75) is 32.6 Å². The molecule has 1 aromatic heterocycles. The average Bonchev–Trinajstić information content (AvgIpc) is 3.45. The molecular weight excluding hydrogens is 352 g/mol. The van der Waals surface area contributed by atoms with Gasteiger partial charge in [0.2, 0.25) is 0 Å². The van der Waals surface area contributed by atoms with Gasteiger partial charge in [0.25, 0.3) is 0 Å². The summed E-state index contributed by atoms with van der Waals surface area (Å²) in [6, 6.07) is 4.75. The van der Waals surface area contributed by atoms with E-state index in [1.165, 1.54) is 13.2 Å². The number of fused-ring (bicyclic) bond motifs is 1. The van der Waals surface area contributed by atoms with Gasteiger partial charge < -0.3 is 18.6 Å². The summed E-state index contributed by atoms with van der Waals surface area (Å²) in [7, 11) is 1.53. The van der Waals surface area contributed by atoms with Gasteiger partial charge in [0.15, 0.2) is 0 Å². The molecule has 3 rings (SSSR count). The van der Waals surface area contributed by atoms with E-state index in [9.17, 15) is 14.4 Å². The highest BCUT2D eigenvalue weighted by atomic mass is 16.6. The molecule has 144 valence electrons. The molecule has 27 heavy (non-hydrogen) atoms. The maximum atomic E-state index is 12.1. The van der Waals surface area contributed by atoms with Crippen molar-refractivity contribution in [1.82, 2.24) is 0 Å². The maximum Gasteiger partial charge on any atom is 0.336 e. The van der Waals surface area contributed by atoms with Gasteiger partial charge in [0.05, 0.1) is 12.5 Å². The van der Waals surface area contributed by atoms with Gasteiger partial charge in [-0.05, 0) is 43.4 Å². The second kappa shape index (κ2) is 8.35. The van der Waals surface area contributed by atoms with Crippen LogP contribution >= 0.6 is 0 Å². The number of hydrogen-bond acceptors (Lipinski definition) is 7. The number of benzene rings is 1. The Kier molecular flexibility index (Phi) is 5.91. The van der Waals surface area contributed by atoms with E-state index in [1.54, 1.807) is 19.1 Å². The monoisotopic (exact) mass is 374 g/mol. The summed E-state index contributed by atoms with van der Waals surface area (Å²) in [5, 5.41) is 0.739. The highest BCUT2D eigenvalue weighted by molar-refractivity contribution is 5.85. The van der Waals surface area contributed by atoms with Crippen LogP contribution in [0.1, 0.15) is 30.4 Å². The Bertz CT molecular complexity index is 908. The lowest BCUT2D eigenvalue weighted by atomic mass is 10.0. The number of esters is 2. The molecule has 1 heterocycles. The lowest BCUT2D eigenvalue weighted by Gasteiger charge is -2.12. The Morgan fingerprint density at radius 2 is 1.96 bits per heavy atom. The first kappa shape index (κ1) is 19.1. The Morgan fingerprint density at radius 1 is 1.19 bits per heavy atom. The van der Waals surface area contributed by atoms with Gasteiger partial charge in [-0.1, -0.05) is 0 Å². The lowest BCUT2D eigenvalue weighted by Crippen LogP contribution is -2.13. The quantitative estimate of drug-likeness (QED) is 0.303. The largest absolute Gasteiger partial charge is 0.463 e. The van der Waals surface area contributed by atoms with E-state index in [4.69, 9.17) is 18.6 Å². The van der Waals surface area contributed by atoms with E-state index in [0.29, 0.717) is 29.9 Å². The Morgan fingerprint density at radius 3 is 2.67 bits per heavy atom.